The summed E-state index contributed by atoms with van der Waals surface area (Å²) in [5.41, 5.74) is 6.98. The Morgan fingerprint density at radius 3 is 2.62 bits per heavy atom. The molecule has 5 N–H and O–H groups in total. The number of carbonyl (C=O) groups excluding carboxylic acids is 1. The van der Waals surface area contributed by atoms with E-state index in [1.54, 1.807) is 24.3 Å². The molecule has 5 heteroatoms. The number of nitrogens with one attached hydrogen (secondary N) is 1. The van der Waals surface area contributed by atoms with Crippen molar-refractivity contribution >= 4 is 11.6 Å². The molecule has 0 spiro atoms. The fourth-order valence-corrected chi connectivity index (χ4v) is 1.32. The largest absolute Gasteiger partial charge is 0.399 e. The Balaban J connectivity index is 2.51. The van der Waals surface area contributed by atoms with Gasteiger partial charge in [0.25, 0.3) is 0 Å². The second-order valence-corrected chi connectivity index (χ2v) is 3.55. The highest BCUT2D eigenvalue weighted by atomic mass is 16.3. The SMILES string of the molecule is Nc1cccc(CC(=O)NC(CO)CO)c1. The van der Waals surface area contributed by atoms with Crippen LogP contribution in [0, 0.1) is 0 Å². The molecule has 88 valence electrons. The number of anilines is 1. The zero-order chi connectivity index (χ0) is 12.0. The van der Waals surface area contributed by atoms with Gasteiger partial charge in [-0.25, -0.2) is 0 Å². The number of hydrogen-bond donors (Lipinski definition) is 4. The Morgan fingerprint density at radius 2 is 2.06 bits per heavy atom. The van der Waals surface area contributed by atoms with Crippen LogP contribution in [-0.2, 0) is 11.2 Å². The average molecular weight is 224 g/mol. The van der Waals surface area contributed by atoms with Crippen molar-refractivity contribution < 1.29 is 15.0 Å². The van der Waals surface area contributed by atoms with E-state index in [-0.39, 0.29) is 25.5 Å². The van der Waals surface area contributed by atoms with Gasteiger partial charge >= 0.3 is 0 Å². The smallest absolute Gasteiger partial charge is 0.224 e. The van der Waals surface area contributed by atoms with Gasteiger partial charge in [-0.1, -0.05) is 12.1 Å². The normalized spacial score (nSPS) is 10.4. The Morgan fingerprint density at radius 1 is 1.38 bits per heavy atom. The molecule has 0 heterocycles. The molecule has 0 radical (unpaired) electrons. The van der Waals surface area contributed by atoms with Crippen molar-refractivity contribution in [1.29, 1.82) is 0 Å². The number of amides is 1. The van der Waals surface area contributed by atoms with E-state index in [1.165, 1.54) is 0 Å². The van der Waals surface area contributed by atoms with Crippen LogP contribution in [0.25, 0.3) is 0 Å². The van der Waals surface area contributed by atoms with Crippen LogP contribution in [0.4, 0.5) is 5.69 Å². The minimum absolute atomic E-state index is 0.182. The third-order valence-electron chi connectivity index (χ3n) is 2.12. The number of aliphatic hydroxyl groups excluding tert-OH is 2. The first-order valence-corrected chi connectivity index (χ1v) is 5.01. The zero-order valence-corrected chi connectivity index (χ0v) is 8.89. The minimum Gasteiger partial charge on any atom is -0.399 e. The third-order valence-corrected chi connectivity index (χ3v) is 2.12. The van der Waals surface area contributed by atoms with Crippen LogP contribution in [0.3, 0.4) is 0 Å². The van der Waals surface area contributed by atoms with Crippen LogP contribution < -0.4 is 11.1 Å². The molecule has 1 rings (SSSR count). The second-order valence-electron chi connectivity index (χ2n) is 3.55. The number of aliphatic hydroxyl groups is 2. The summed E-state index contributed by atoms with van der Waals surface area (Å²) < 4.78 is 0. The van der Waals surface area contributed by atoms with Gasteiger partial charge in [0, 0.05) is 5.69 Å². The first-order valence-electron chi connectivity index (χ1n) is 5.01. The van der Waals surface area contributed by atoms with E-state index < -0.39 is 6.04 Å². The summed E-state index contributed by atoms with van der Waals surface area (Å²) in [5.74, 6) is -0.251. The lowest BCUT2D eigenvalue weighted by molar-refractivity contribution is -0.121. The van der Waals surface area contributed by atoms with Gasteiger partial charge in [0.1, 0.15) is 0 Å². The van der Waals surface area contributed by atoms with Crippen LogP contribution in [0.5, 0.6) is 0 Å². The van der Waals surface area contributed by atoms with E-state index in [2.05, 4.69) is 5.32 Å². The van der Waals surface area contributed by atoms with Crippen molar-refractivity contribution in [3.05, 3.63) is 29.8 Å². The maximum Gasteiger partial charge on any atom is 0.224 e. The Hall–Kier alpha value is -1.59. The topological polar surface area (TPSA) is 95.6 Å². The standard InChI is InChI=1S/C11H16N2O3/c12-9-3-1-2-8(4-9)5-11(16)13-10(6-14)7-15/h1-4,10,14-15H,5-7,12H2,(H,13,16). The highest BCUT2D eigenvalue weighted by Gasteiger charge is 2.10. The molecular formula is C11H16N2O3. The summed E-state index contributed by atoms with van der Waals surface area (Å²) >= 11 is 0. The number of rotatable bonds is 5. The maximum atomic E-state index is 11.5. The molecule has 0 saturated carbocycles. The Bertz CT molecular complexity index is 351. The van der Waals surface area contributed by atoms with E-state index in [4.69, 9.17) is 15.9 Å². The van der Waals surface area contributed by atoms with Gasteiger partial charge in [-0.3, -0.25) is 4.79 Å². The Labute approximate surface area is 93.9 Å². The Kier molecular flexibility index (Phi) is 4.75. The fourth-order valence-electron chi connectivity index (χ4n) is 1.32. The van der Waals surface area contributed by atoms with E-state index in [0.29, 0.717) is 5.69 Å². The fraction of sp³-hybridized carbons (Fsp3) is 0.364. The first-order chi connectivity index (χ1) is 7.65. The van der Waals surface area contributed by atoms with Crippen molar-refractivity contribution in [2.75, 3.05) is 18.9 Å². The van der Waals surface area contributed by atoms with Gasteiger partial charge in [0.15, 0.2) is 0 Å². The van der Waals surface area contributed by atoms with Crippen molar-refractivity contribution in [3.8, 4) is 0 Å². The van der Waals surface area contributed by atoms with Gasteiger partial charge in [0.2, 0.25) is 5.91 Å². The molecule has 0 aliphatic heterocycles. The molecule has 1 aromatic rings. The molecule has 1 aromatic carbocycles. The van der Waals surface area contributed by atoms with Crippen molar-refractivity contribution in [3.63, 3.8) is 0 Å². The number of carbonyl (C=O) groups is 1. The van der Waals surface area contributed by atoms with Crippen molar-refractivity contribution in [2.24, 2.45) is 0 Å². The molecule has 0 unspecified atom stereocenters. The number of nitrogens with two attached hydrogens (primary N) is 1. The van der Waals surface area contributed by atoms with Crippen LogP contribution >= 0.6 is 0 Å². The van der Waals surface area contributed by atoms with Gasteiger partial charge in [0.05, 0.1) is 25.7 Å². The summed E-state index contributed by atoms with van der Waals surface area (Å²) in [6, 6.07) is 6.42. The van der Waals surface area contributed by atoms with Gasteiger partial charge in [-0.15, -0.1) is 0 Å². The highest BCUT2D eigenvalue weighted by Crippen LogP contribution is 2.06. The first kappa shape index (κ1) is 12.5. The van der Waals surface area contributed by atoms with Gasteiger partial charge < -0.3 is 21.3 Å². The van der Waals surface area contributed by atoms with Crippen molar-refractivity contribution in [2.45, 2.75) is 12.5 Å². The predicted octanol–water partition coefficient (Wildman–Crippen LogP) is -0.719. The number of benzene rings is 1. The molecule has 0 bridgehead atoms. The van der Waals surface area contributed by atoms with Crippen LogP contribution in [0.15, 0.2) is 24.3 Å². The minimum atomic E-state index is -0.603. The van der Waals surface area contributed by atoms with Crippen molar-refractivity contribution in [1.82, 2.24) is 5.32 Å². The zero-order valence-electron chi connectivity index (χ0n) is 8.89. The molecule has 5 nitrogen and oxygen atoms in total. The summed E-state index contributed by atoms with van der Waals surface area (Å²) in [4.78, 5) is 11.5. The molecule has 0 fully saturated rings. The van der Waals surface area contributed by atoms with E-state index in [9.17, 15) is 4.79 Å². The molecule has 0 aliphatic rings. The average Bonchev–Trinajstić information content (AvgIpc) is 2.26. The lowest BCUT2D eigenvalue weighted by atomic mass is 10.1. The van der Waals surface area contributed by atoms with E-state index >= 15 is 0 Å². The van der Waals surface area contributed by atoms with E-state index in [1.807, 2.05) is 0 Å². The maximum absolute atomic E-state index is 11.5. The lowest BCUT2D eigenvalue weighted by Crippen LogP contribution is -2.40. The summed E-state index contributed by atoms with van der Waals surface area (Å²) in [5, 5.41) is 20.1. The van der Waals surface area contributed by atoms with E-state index in [0.717, 1.165) is 5.56 Å². The monoisotopic (exact) mass is 224 g/mol. The molecule has 0 aliphatic carbocycles. The van der Waals surface area contributed by atoms with Crippen LogP contribution in [0.1, 0.15) is 5.56 Å². The molecule has 0 atom stereocenters. The third kappa shape index (κ3) is 3.88. The quantitative estimate of drug-likeness (QED) is 0.496. The molecule has 16 heavy (non-hydrogen) atoms. The second kappa shape index (κ2) is 6.09. The van der Waals surface area contributed by atoms with Crippen LogP contribution in [-0.4, -0.2) is 35.4 Å². The molecule has 0 aromatic heterocycles. The predicted molar refractivity (Wildman–Crippen MR) is 60.7 cm³/mol. The molecule has 0 saturated heterocycles. The van der Waals surface area contributed by atoms with Gasteiger partial charge in [-0.05, 0) is 17.7 Å². The lowest BCUT2D eigenvalue weighted by Gasteiger charge is -2.13. The summed E-state index contributed by atoms with van der Waals surface area (Å²) in [6.45, 7) is -0.557. The molecular weight excluding hydrogens is 208 g/mol. The number of nitrogen functional groups attached to an aromatic ring is 1. The number of hydrogen-bond acceptors (Lipinski definition) is 4. The summed E-state index contributed by atoms with van der Waals surface area (Å²) in [6.07, 6.45) is 0.182. The highest BCUT2D eigenvalue weighted by molar-refractivity contribution is 5.79. The molecule has 1 amide bonds. The van der Waals surface area contributed by atoms with Gasteiger partial charge in [-0.2, -0.15) is 0 Å². The summed E-state index contributed by atoms with van der Waals surface area (Å²) in [7, 11) is 0. The van der Waals surface area contributed by atoms with Crippen LogP contribution in [0.2, 0.25) is 0 Å².